The van der Waals surface area contributed by atoms with Crippen LogP contribution in [-0.4, -0.2) is 46.6 Å². The van der Waals surface area contributed by atoms with Crippen LogP contribution in [0.5, 0.6) is 0 Å². The Morgan fingerprint density at radius 3 is 2.50 bits per heavy atom. The first-order valence-corrected chi connectivity index (χ1v) is 8.03. The molecule has 20 heavy (non-hydrogen) atoms. The van der Waals surface area contributed by atoms with E-state index in [4.69, 9.17) is 10.5 Å². The van der Waals surface area contributed by atoms with Crippen LogP contribution in [0.1, 0.15) is 17.3 Å². The number of nitrogen functional groups attached to an aromatic ring is 1. The highest BCUT2D eigenvalue weighted by Gasteiger charge is 2.13. The van der Waals surface area contributed by atoms with Crippen LogP contribution in [0.2, 0.25) is 0 Å². The number of benzene rings is 1. The van der Waals surface area contributed by atoms with E-state index in [9.17, 15) is 13.2 Å². The van der Waals surface area contributed by atoms with Crippen molar-refractivity contribution in [2.75, 3.05) is 42.8 Å². The van der Waals surface area contributed by atoms with Crippen molar-refractivity contribution in [1.29, 1.82) is 0 Å². The van der Waals surface area contributed by atoms with Gasteiger partial charge in [0, 0.05) is 19.8 Å². The van der Waals surface area contributed by atoms with Crippen LogP contribution in [0.3, 0.4) is 0 Å². The van der Waals surface area contributed by atoms with Crippen LogP contribution < -0.4 is 10.6 Å². The maximum absolute atomic E-state index is 11.8. The minimum atomic E-state index is -3.13. The molecule has 0 bridgehead atoms. The lowest BCUT2D eigenvalue weighted by atomic mass is 10.1. The number of nitrogens with zero attached hydrogens (tertiary/aromatic N) is 1. The molecule has 2 N–H and O–H groups in total. The Kier molecular flexibility index (Phi) is 5.38. The topological polar surface area (TPSA) is 89.7 Å². The summed E-state index contributed by atoms with van der Waals surface area (Å²) in [5.74, 6) is -0.705. The molecular weight excluding hydrogens is 280 g/mol. The van der Waals surface area contributed by atoms with Gasteiger partial charge in [0.1, 0.15) is 6.61 Å². The summed E-state index contributed by atoms with van der Waals surface area (Å²) >= 11 is 0. The molecule has 0 saturated carbocycles. The largest absolute Gasteiger partial charge is 0.461 e. The summed E-state index contributed by atoms with van der Waals surface area (Å²) < 4.78 is 27.5. The minimum absolute atomic E-state index is 0.0367. The number of rotatable bonds is 6. The summed E-state index contributed by atoms with van der Waals surface area (Å²) in [6.45, 7) is 1.40. The van der Waals surface area contributed by atoms with Crippen molar-refractivity contribution in [3.63, 3.8) is 0 Å². The number of nitrogens with two attached hydrogens (primary N) is 1. The number of ether oxygens (including phenoxy) is 1. The van der Waals surface area contributed by atoms with Gasteiger partial charge in [-0.3, -0.25) is 0 Å². The number of hydrogen-bond donors (Lipinski definition) is 1. The number of anilines is 2. The Morgan fingerprint density at radius 1 is 1.35 bits per heavy atom. The van der Waals surface area contributed by atoms with Gasteiger partial charge in [0.15, 0.2) is 9.84 Å². The molecule has 1 aromatic rings. The van der Waals surface area contributed by atoms with Crippen molar-refractivity contribution >= 4 is 27.2 Å². The molecule has 0 radical (unpaired) electrons. The van der Waals surface area contributed by atoms with Crippen molar-refractivity contribution in [3.8, 4) is 0 Å². The molecule has 0 heterocycles. The van der Waals surface area contributed by atoms with E-state index in [0.717, 1.165) is 5.69 Å². The standard InChI is InChI=1S/C13H20N2O4S/c1-4-20(17,18)8-7-19-13(16)10-5-6-12(15(2)3)11(14)9-10/h5-6,9H,4,7-8,14H2,1-3H3. The van der Waals surface area contributed by atoms with Crippen LogP contribution in [-0.2, 0) is 14.6 Å². The molecule has 0 aliphatic heterocycles. The molecule has 7 heteroatoms. The molecule has 0 atom stereocenters. The molecule has 0 amide bonds. The first-order valence-electron chi connectivity index (χ1n) is 6.21. The first kappa shape index (κ1) is 16.3. The molecular formula is C13H20N2O4S. The van der Waals surface area contributed by atoms with Gasteiger partial charge in [-0.15, -0.1) is 0 Å². The Labute approximate surface area is 119 Å². The fraction of sp³-hybridized carbons (Fsp3) is 0.462. The molecule has 0 aliphatic rings. The smallest absolute Gasteiger partial charge is 0.338 e. The molecule has 1 rings (SSSR count). The van der Waals surface area contributed by atoms with Crippen LogP contribution in [0.15, 0.2) is 18.2 Å². The van der Waals surface area contributed by atoms with Gasteiger partial charge >= 0.3 is 5.97 Å². The Hall–Kier alpha value is -1.76. The van der Waals surface area contributed by atoms with E-state index in [0.29, 0.717) is 11.3 Å². The maximum atomic E-state index is 11.8. The number of carbonyl (C=O) groups excluding carboxylic acids is 1. The Bertz CT molecular complexity index is 582. The second-order valence-electron chi connectivity index (χ2n) is 4.54. The van der Waals surface area contributed by atoms with Crippen molar-refractivity contribution in [2.24, 2.45) is 0 Å². The predicted octanol–water partition coefficient (Wildman–Crippen LogP) is 0.926. The summed E-state index contributed by atoms with van der Waals surface area (Å²) in [5, 5.41) is 0. The van der Waals surface area contributed by atoms with Crippen molar-refractivity contribution < 1.29 is 17.9 Å². The summed E-state index contributed by atoms with van der Waals surface area (Å²) in [6, 6.07) is 4.84. The van der Waals surface area contributed by atoms with Crippen LogP contribution in [0.25, 0.3) is 0 Å². The van der Waals surface area contributed by atoms with Crippen molar-refractivity contribution in [2.45, 2.75) is 6.92 Å². The third-order valence-electron chi connectivity index (χ3n) is 2.81. The highest BCUT2D eigenvalue weighted by molar-refractivity contribution is 7.91. The van der Waals surface area contributed by atoms with Gasteiger partial charge in [-0.25, -0.2) is 13.2 Å². The number of hydrogen-bond acceptors (Lipinski definition) is 6. The van der Waals surface area contributed by atoms with Gasteiger partial charge in [-0.1, -0.05) is 6.92 Å². The quantitative estimate of drug-likeness (QED) is 0.621. The molecule has 0 aromatic heterocycles. The van der Waals surface area contributed by atoms with Gasteiger partial charge in [0.25, 0.3) is 0 Å². The zero-order chi connectivity index (χ0) is 15.3. The molecule has 6 nitrogen and oxygen atoms in total. The fourth-order valence-electron chi connectivity index (χ4n) is 1.58. The molecule has 0 fully saturated rings. The van der Waals surface area contributed by atoms with Gasteiger partial charge in [-0.05, 0) is 18.2 Å². The van der Waals surface area contributed by atoms with E-state index in [1.807, 2.05) is 19.0 Å². The van der Waals surface area contributed by atoms with E-state index in [-0.39, 0.29) is 18.1 Å². The van der Waals surface area contributed by atoms with Crippen LogP contribution in [0, 0.1) is 0 Å². The van der Waals surface area contributed by atoms with E-state index in [1.165, 1.54) is 6.07 Å². The molecule has 0 unspecified atom stereocenters. The van der Waals surface area contributed by atoms with E-state index >= 15 is 0 Å². The fourth-order valence-corrected chi connectivity index (χ4v) is 2.20. The average Bonchev–Trinajstić information content (AvgIpc) is 2.37. The normalized spacial score (nSPS) is 11.2. The van der Waals surface area contributed by atoms with Crippen LogP contribution in [0.4, 0.5) is 11.4 Å². The highest BCUT2D eigenvalue weighted by atomic mass is 32.2. The van der Waals surface area contributed by atoms with Gasteiger partial charge in [0.05, 0.1) is 22.7 Å². The molecule has 1 aromatic carbocycles. The van der Waals surface area contributed by atoms with Crippen molar-refractivity contribution in [3.05, 3.63) is 23.8 Å². The minimum Gasteiger partial charge on any atom is -0.461 e. The molecule has 0 saturated heterocycles. The van der Waals surface area contributed by atoms with Crippen LogP contribution >= 0.6 is 0 Å². The number of sulfone groups is 1. The number of esters is 1. The molecule has 0 aliphatic carbocycles. The summed E-state index contributed by atoms with van der Waals surface area (Å²) in [4.78, 5) is 13.6. The number of carbonyl (C=O) groups is 1. The van der Waals surface area contributed by atoms with E-state index in [2.05, 4.69) is 0 Å². The van der Waals surface area contributed by atoms with Gasteiger partial charge in [0.2, 0.25) is 0 Å². The van der Waals surface area contributed by atoms with E-state index in [1.54, 1.807) is 19.1 Å². The van der Waals surface area contributed by atoms with Gasteiger partial charge < -0.3 is 15.4 Å². The first-order chi connectivity index (χ1) is 9.26. The lowest BCUT2D eigenvalue weighted by molar-refractivity contribution is 0.0529. The Balaban J connectivity index is 2.67. The lowest BCUT2D eigenvalue weighted by Crippen LogP contribution is -2.17. The second kappa shape index (κ2) is 6.60. The average molecular weight is 300 g/mol. The Morgan fingerprint density at radius 2 is 2.00 bits per heavy atom. The zero-order valence-electron chi connectivity index (χ0n) is 11.9. The zero-order valence-corrected chi connectivity index (χ0v) is 12.7. The third-order valence-corrected chi connectivity index (χ3v) is 4.48. The lowest BCUT2D eigenvalue weighted by Gasteiger charge is -2.15. The monoisotopic (exact) mass is 300 g/mol. The third kappa shape index (κ3) is 4.41. The highest BCUT2D eigenvalue weighted by Crippen LogP contribution is 2.22. The van der Waals surface area contributed by atoms with Gasteiger partial charge in [-0.2, -0.15) is 0 Å². The summed E-state index contributed by atoms with van der Waals surface area (Å²) in [5.41, 5.74) is 7.41. The predicted molar refractivity (Wildman–Crippen MR) is 79.8 cm³/mol. The molecule has 0 spiro atoms. The maximum Gasteiger partial charge on any atom is 0.338 e. The second-order valence-corrected chi connectivity index (χ2v) is 7.01. The SMILES string of the molecule is CCS(=O)(=O)CCOC(=O)c1ccc(N(C)C)c(N)c1. The van der Waals surface area contributed by atoms with E-state index < -0.39 is 15.8 Å². The summed E-state index contributed by atoms with van der Waals surface area (Å²) in [7, 11) is 0.561. The summed E-state index contributed by atoms with van der Waals surface area (Å²) in [6.07, 6.45) is 0. The van der Waals surface area contributed by atoms with Crippen molar-refractivity contribution in [1.82, 2.24) is 0 Å². The molecule has 112 valence electrons.